The maximum Gasteiger partial charge on any atom is 0.261 e. The number of aromatic nitrogens is 2. The highest BCUT2D eigenvalue weighted by atomic mass is 35.5. The molecule has 4 aromatic rings. The Morgan fingerprint density at radius 3 is 2.34 bits per heavy atom. The minimum Gasteiger partial charge on any atom is -0.343 e. The van der Waals surface area contributed by atoms with Crippen molar-refractivity contribution in [2.24, 2.45) is 0 Å². The molecule has 0 saturated heterocycles. The number of halogens is 1. The first kappa shape index (κ1) is 25.3. The van der Waals surface area contributed by atoms with Gasteiger partial charge in [0.2, 0.25) is 0 Å². The summed E-state index contributed by atoms with van der Waals surface area (Å²) >= 11 is 6.35. The van der Waals surface area contributed by atoms with E-state index in [1.165, 1.54) is 6.20 Å². The van der Waals surface area contributed by atoms with Gasteiger partial charge in [-0.25, -0.2) is 4.68 Å². The summed E-state index contributed by atoms with van der Waals surface area (Å²) < 4.78 is 1.67. The zero-order chi connectivity index (χ0) is 27.0. The van der Waals surface area contributed by atoms with Crippen molar-refractivity contribution in [3.05, 3.63) is 117 Å². The molecule has 0 radical (unpaired) electrons. The average molecular weight is 526 g/mol. The largest absolute Gasteiger partial charge is 0.343 e. The van der Waals surface area contributed by atoms with Gasteiger partial charge in [-0.15, -0.1) is 0 Å². The van der Waals surface area contributed by atoms with Crippen molar-refractivity contribution in [1.29, 1.82) is 0 Å². The number of aryl methyl sites for hydroxylation is 3. The normalized spacial score (nSPS) is 14.5. The van der Waals surface area contributed by atoms with Crippen LogP contribution in [-0.4, -0.2) is 21.6 Å². The lowest BCUT2D eigenvalue weighted by atomic mass is 9.94. The molecule has 3 aromatic carbocycles. The Bertz CT molecular complexity index is 1590. The highest BCUT2D eigenvalue weighted by molar-refractivity contribution is 6.30. The predicted octanol–water partition coefficient (Wildman–Crippen LogP) is 6.64. The molecule has 2 amide bonds. The molecule has 192 valence electrons. The van der Waals surface area contributed by atoms with E-state index >= 15 is 0 Å². The predicted molar refractivity (Wildman–Crippen MR) is 152 cm³/mol. The van der Waals surface area contributed by atoms with E-state index in [0.29, 0.717) is 33.4 Å². The zero-order valence-corrected chi connectivity index (χ0v) is 22.4. The fraction of sp³-hybridized carbons (Fsp3) is 0.167. The Labute approximate surface area is 226 Å². The summed E-state index contributed by atoms with van der Waals surface area (Å²) in [5.74, 6) is -0.0673. The first-order valence-electron chi connectivity index (χ1n) is 12.3. The molecule has 38 heavy (non-hydrogen) atoms. The third-order valence-electron chi connectivity index (χ3n) is 6.62. The van der Waals surface area contributed by atoms with Gasteiger partial charge in [0.25, 0.3) is 11.8 Å². The van der Waals surface area contributed by atoms with Gasteiger partial charge < -0.3 is 16.0 Å². The minimum atomic E-state index is -0.600. The second-order valence-corrected chi connectivity index (χ2v) is 10.0. The van der Waals surface area contributed by atoms with Gasteiger partial charge in [-0.1, -0.05) is 59.1 Å². The van der Waals surface area contributed by atoms with Crippen LogP contribution in [0.25, 0.3) is 0 Å². The number of rotatable bonds is 5. The Kier molecular flexibility index (Phi) is 6.78. The number of allylic oxidation sites excluding steroid dienone is 1. The van der Waals surface area contributed by atoms with Gasteiger partial charge in [-0.2, -0.15) is 5.10 Å². The Morgan fingerprint density at radius 2 is 1.63 bits per heavy atom. The van der Waals surface area contributed by atoms with E-state index in [1.54, 1.807) is 10.7 Å². The summed E-state index contributed by atoms with van der Waals surface area (Å²) in [7, 11) is 0. The molecule has 0 aliphatic carbocycles. The second-order valence-electron chi connectivity index (χ2n) is 9.57. The van der Waals surface area contributed by atoms with Crippen molar-refractivity contribution >= 4 is 40.6 Å². The van der Waals surface area contributed by atoms with Crippen molar-refractivity contribution in [2.45, 2.75) is 33.7 Å². The fourth-order valence-electron chi connectivity index (χ4n) is 4.68. The molecule has 5 rings (SSSR count). The molecule has 1 aliphatic rings. The first-order valence-corrected chi connectivity index (χ1v) is 12.7. The van der Waals surface area contributed by atoms with E-state index in [4.69, 9.17) is 11.6 Å². The number of benzene rings is 3. The second kappa shape index (κ2) is 10.2. The van der Waals surface area contributed by atoms with Gasteiger partial charge >= 0.3 is 0 Å². The van der Waals surface area contributed by atoms with Gasteiger partial charge in [0.05, 0.1) is 11.8 Å². The lowest BCUT2D eigenvalue weighted by Crippen LogP contribution is -2.32. The Hall–Kier alpha value is -4.36. The van der Waals surface area contributed by atoms with Gasteiger partial charge in [-0.3, -0.25) is 9.59 Å². The number of anilines is 3. The van der Waals surface area contributed by atoms with Crippen molar-refractivity contribution in [3.8, 4) is 0 Å². The van der Waals surface area contributed by atoms with Crippen LogP contribution < -0.4 is 16.0 Å². The quantitative estimate of drug-likeness (QED) is 0.272. The van der Waals surface area contributed by atoms with Crippen molar-refractivity contribution in [2.75, 3.05) is 16.0 Å². The molecule has 0 spiro atoms. The van der Waals surface area contributed by atoms with Crippen LogP contribution in [0.1, 0.15) is 45.6 Å². The molecule has 1 atom stereocenters. The van der Waals surface area contributed by atoms with Crippen LogP contribution in [-0.2, 0) is 4.79 Å². The highest BCUT2D eigenvalue weighted by Crippen LogP contribution is 2.38. The van der Waals surface area contributed by atoms with E-state index < -0.39 is 6.04 Å². The lowest BCUT2D eigenvalue weighted by molar-refractivity contribution is -0.113. The summed E-state index contributed by atoms with van der Waals surface area (Å²) in [5.41, 5.74) is 6.84. The third-order valence-corrected chi connectivity index (χ3v) is 6.85. The van der Waals surface area contributed by atoms with E-state index in [9.17, 15) is 9.59 Å². The third kappa shape index (κ3) is 4.93. The van der Waals surface area contributed by atoms with Crippen molar-refractivity contribution in [1.82, 2.24) is 9.78 Å². The average Bonchev–Trinajstić information content (AvgIpc) is 3.29. The minimum absolute atomic E-state index is 0.265. The summed E-state index contributed by atoms with van der Waals surface area (Å²) in [6, 6.07) is 20.2. The molecule has 8 heteroatoms. The van der Waals surface area contributed by atoms with Crippen LogP contribution >= 0.6 is 11.6 Å². The molecule has 1 aromatic heterocycles. The van der Waals surface area contributed by atoms with Crippen LogP contribution in [0, 0.1) is 20.8 Å². The fourth-order valence-corrected chi connectivity index (χ4v) is 4.88. The molecular weight excluding hydrogens is 498 g/mol. The summed E-state index contributed by atoms with van der Waals surface area (Å²) in [4.78, 5) is 27.0. The van der Waals surface area contributed by atoms with Crippen molar-refractivity contribution in [3.63, 3.8) is 0 Å². The number of nitrogens with zero attached hydrogens (tertiary/aromatic N) is 2. The summed E-state index contributed by atoms with van der Waals surface area (Å²) in [6.07, 6.45) is 1.52. The van der Waals surface area contributed by atoms with E-state index in [2.05, 4.69) is 21.0 Å². The van der Waals surface area contributed by atoms with E-state index in [-0.39, 0.29) is 11.8 Å². The van der Waals surface area contributed by atoms with Gasteiger partial charge in [-0.05, 0) is 69.2 Å². The maximum atomic E-state index is 13.7. The van der Waals surface area contributed by atoms with Gasteiger partial charge in [0.15, 0.2) is 0 Å². The van der Waals surface area contributed by atoms with E-state index in [1.807, 2.05) is 88.4 Å². The van der Waals surface area contributed by atoms with Crippen molar-refractivity contribution < 1.29 is 9.59 Å². The number of fused-ring (bicyclic) bond motifs is 1. The zero-order valence-electron chi connectivity index (χ0n) is 21.6. The van der Waals surface area contributed by atoms with E-state index in [0.717, 1.165) is 27.9 Å². The summed E-state index contributed by atoms with van der Waals surface area (Å²) in [5, 5.41) is 14.4. The van der Waals surface area contributed by atoms with Crippen LogP contribution in [0.4, 0.5) is 17.2 Å². The molecule has 0 fully saturated rings. The molecule has 1 unspecified atom stereocenters. The Balaban J connectivity index is 1.54. The number of nitrogens with one attached hydrogen (secondary N) is 3. The summed E-state index contributed by atoms with van der Waals surface area (Å²) in [6.45, 7) is 7.79. The van der Waals surface area contributed by atoms with Gasteiger partial charge in [0, 0.05) is 22.1 Å². The topological polar surface area (TPSA) is 88.0 Å². The molecule has 2 heterocycles. The Morgan fingerprint density at radius 1 is 0.895 bits per heavy atom. The number of hydrogen-bond donors (Lipinski definition) is 3. The maximum absolute atomic E-state index is 13.7. The lowest BCUT2D eigenvalue weighted by Gasteiger charge is -2.30. The molecule has 0 saturated carbocycles. The smallest absolute Gasteiger partial charge is 0.261 e. The SMILES string of the molecule is CC1=C(C(=O)Nc2ccc(C)cc2C)C(c2cccc(Cl)c2)n2ncc(C(=O)Nc3ccc(C)cc3)c2N1. The van der Waals surface area contributed by atoms with Crippen LogP contribution in [0.2, 0.25) is 5.02 Å². The number of carbonyl (C=O) groups is 2. The molecule has 0 bridgehead atoms. The molecule has 7 nitrogen and oxygen atoms in total. The number of carbonyl (C=O) groups excluding carboxylic acids is 2. The number of hydrogen-bond acceptors (Lipinski definition) is 4. The van der Waals surface area contributed by atoms with Crippen LogP contribution in [0.5, 0.6) is 0 Å². The number of amides is 2. The van der Waals surface area contributed by atoms with Crippen LogP contribution in [0.15, 0.2) is 84.2 Å². The van der Waals surface area contributed by atoms with Crippen LogP contribution in [0.3, 0.4) is 0 Å². The molecule has 3 N–H and O–H groups in total. The standard InChI is InChI=1S/C30H28ClN5O2/c1-17-8-11-23(12-9-17)34-29(37)24-16-32-36-27(21-6-5-7-22(31)15-21)26(20(4)33-28(24)36)30(38)35-25-13-10-18(2)14-19(25)3/h5-16,27,33H,1-4H3,(H,34,37)(H,35,38). The molecular formula is C30H28ClN5O2. The first-order chi connectivity index (χ1) is 18.2. The molecule has 1 aliphatic heterocycles. The highest BCUT2D eigenvalue weighted by Gasteiger charge is 2.35. The monoisotopic (exact) mass is 525 g/mol. The van der Waals surface area contributed by atoms with Gasteiger partial charge in [0.1, 0.15) is 17.4 Å².